The largest absolute Gasteiger partial charge is 0.381 e. The molecule has 2 aromatic rings. The summed E-state index contributed by atoms with van der Waals surface area (Å²) in [6.45, 7) is 4.98. The molecule has 7 heteroatoms. The minimum absolute atomic E-state index is 0.213. The Morgan fingerprint density at radius 3 is 2.78 bits per heavy atom. The highest BCUT2D eigenvalue weighted by molar-refractivity contribution is 9.10. The smallest absolute Gasteiger partial charge is 0.255 e. The van der Waals surface area contributed by atoms with Gasteiger partial charge in [-0.05, 0) is 48.4 Å². The molecule has 0 aliphatic carbocycles. The van der Waals surface area contributed by atoms with Crippen LogP contribution in [0.2, 0.25) is 5.02 Å². The first-order chi connectivity index (χ1) is 13.0. The lowest BCUT2D eigenvalue weighted by molar-refractivity contribution is -0.123. The van der Waals surface area contributed by atoms with Crippen LogP contribution in [0.25, 0.3) is 0 Å². The van der Waals surface area contributed by atoms with E-state index in [0.29, 0.717) is 11.3 Å². The molecule has 0 saturated carbocycles. The molecule has 1 aliphatic rings. The van der Waals surface area contributed by atoms with Crippen LogP contribution in [0.4, 0.5) is 11.4 Å². The number of β-amino-alcohol motifs (C(OH)–C–C–N with tert-alkyl or cyclic N) is 1. The van der Waals surface area contributed by atoms with Crippen molar-refractivity contribution in [1.29, 1.82) is 5.26 Å². The predicted octanol–water partition coefficient (Wildman–Crippen LogP) is 4.36. The van der Waals surface area contributed by atoms with E-state index in [2.05, 4.69) is 27.3 Å². The van der Waals surface area contributed by atoms with Gasteiger partial charge in [0.2, 0.25) is 0 Å². The maximum atomic E-state index is 12.2. The van der Waals surface area contributed by atoms with Crippen LogP contribution in [-0.2, 0) is 11.2 Å². The molecule has 142 valence electrons. The number of aliphatic hydroxyl groups is 1. The summed E-state index contributed by atoms with van der Waals surface area (Å²) in [6, 6.07) is 12.5. The number of benzene rings is 2. The zero-order chi connectivity index (χ0) is 20.0. The number of aliphatic hydroxyl groups excluding tert-OH is 1. The zero-order valence-electron chi connectivity index (χ0n) is 15.2. The molecule has 1 atom stereocenters. The number of rotatable bonds is 4. The fourth-order valence-electron chi connectivity index (χ4n) is 2.83. The number of halogens is 2. The summed E-state index contributed by atoms with van der Waals surface area (Å²) in [4.78, 5) is 14.2. The molecule has 0 radical (unpaired) electrons. The van der Waals surface area contributed by atoms with Crippen LogP contribution in [0.3, 0.4) is 0 Å². The second kappa shape index (κ2) is 9.75. The first-order valence-electron chi connectivity index (χ1n) is 8.70. The number of hydrogen-bond acceptors (Lipinski definition) is 4. The number of nitriles is 1. The molecule has 1 unspecified atom stereocenters. The fraction of sp³-hybridized carbons (Fsp3) is 0.300. The summed E-state index contributed by atoms with van der Waals surface area (Å²) in [5.74, 6) is -0.508. The number of carbonyl (C=O) groups is 1. The average Bonchev–Trinajstić information content (AvgIpc) is 3.05. The van der Waals surface area contributed by atoms with Gasteiger partial charge in [-0.15, -0.1) is 0 Å². The van der Waals surface area contributed by atoms with E-state index in [1.165, 1.54) is 17.7 Å². The van der Waals surface area contributed by atoms with Gasteiger partial charge in [-0.25, -0.2) is 0 Å². The summed E-state index contributed by atoms with van der Waals surface area (Å²) in [5.41, 5.74) is 3.01. The first-order valence-corrected chi connectivity index (χ1v) is 9.87. The summed E-state index contributed by atoms with van der Waals surface area (Å²) in [5, 5.41) is 22.0. The Bertz CT molecular complexity index is 867. The van der Waals surface area contributed by atoms with Crippen molar-refractivity contribution in [3.63, 3.8) is 0 Å². The van der Waals surface area contributed by atoms with Crippen LogP contribution in [-0.4, -0.2) is 30.2 Å². The lowest BCUT2D eigenvalue weighted by atomic mass is 10.2. The molecule has 0 fully saturated rings. The third kappa shape index (κ3) is 5.23. The third-order valence-electron chi connectivity index (χ3n) is 4.09. The molecule has 0 bridgehead atoms. The van der Waals surface area contributed by atoms with Crippen molar-refractivity contribution in [3.8, 4) is 6.07 Å². The molecule has 0 saturated heterocycles. The van der Waals surface area contributed by atoms with Crippen LogP contribution in [0.15, 0.2) is 40.9 Å². The van der Waals surface area contributed by atoms with Gasteiger partial charge < -0.3 is 15.3 Å². The maximum absolute atomic E-state index is 12.2. The molecule has 5 nitrogen and oxygen atoms in total. The summed E-state index contributed by atoms with van der Waals surface area (Å²) in [7, 11) is 0. The molecule has 27 heavy (non-hydrogen) atoms. The van der Waals surface area contributed by atoms with Crippen LogP contribution in [0.1, 0.15) is 25.0 Å². The standard InChI is InChI=1S/C18H15BrClN3O2.C2H6/c19-13-2-4-16-11(7-13)5-6-23(16)10-17(24)18(25)22-14-3-1-12(9-21)15(20)8-14;1-2/h1-4,7-8,17,24H,5-6,10H2,(H,22,25);1-2H3. The van der Waals surface area contributed by atoms with Crippen molar-refractivity contribution >= 4 is 44.8 Å². The Kier molecular flexibility index (Phi) is 7.66. The van der Waals surface area contributed by atoms with Gasteiger partial charge in [0.15, 0.2) is 6.10 Å². The highest BCUT2D eigenvalue weighted by atomic mass is 79.9. The second-order valence-electron chi connectivity index (χ2n) is 5.78. The number of carbonyl (C=O) groups excluding carboxylic acids is 1. The average molecular weight is 451 g/mol. The Hall–Kier alpha value is -2.07. The Morgan fingerprint density at radius 2 is 2.11 bits per heavy atom. The van der Waals surface area contributed by atoms with Crippen molar-refractivity contribution in [2.24, 2.45) is 0 Å². The van der Waals surface area contributed by atoms with Gasteiger partial charge in [0.1, 0.15) is 6.07 Å². The molecule has 0 aromatic heterocycles. The summed E-state index contributed by atoms with van der Waals surface area (Å²) in [6.07, 6.45) is -0.294. The van der Waals surface area contributed by atoms with Crippen molar-refractivity contribution < 1.29 is 9.90 Å². The highest BCUT2D eigenvalue weighted by Crippen LogP contribution is 2.30. The van der Waals surface area contributed by atoms with Crippen LogP contribution < -0.4 is 10.2 Å². The molecule has 0 spiro atoms. The molecule has 3 rings (SSSR count). The van der Waals surface area contributed by atoms with Gasteiger partial charge in [-0.3, -0.25) is 4.79 Å². The van der Waals surface area contributed by atoms with E-state index >= 15 is 0 Å². The van der Waals surface area contributed by atoms with Gasteiger partial charge in [-0.1, -0.05) is 41.4 Å². The SMILES string of the molecule is CC.N#Cc1ccc(NC(=O)C(O)CN2CCc3cc(Br)ccc32)cc1Cl. The lowest BCUT2D eigenvalue weighted by Gasteiger charge is -2.22. The fourth-order valence-corrected chi connectivity index (χ4v) is 3.46. The molecular weight excluding hydrogens is 430 g/mol. The molecule has 1 heterocycles. The number of amides is 1. The van der Waals surface area contributed by atoms with Gasteiger partial charge >= 0.3 is 0 Å². The van der Waals surface area contributed by atoms with Gasteiger partial charge in [-0.2, -0.15) is 5.26 Å². The van der Waals surface area contributed by atoms with E-state index in [0.717, 1.165) is 23.1 Å². The van der Waals surface area contributed by atoms with E-state index in [9.17, 15) is 9.90 Å². The molecule has 1 aliphatic heterocycles. The molecule has 2 aromatic carbocycles. The van der Waals surface area contributed by atoms with Crippen molar-refractivity contribution in [2.75, 3.05) is 23.3 Å². The quantitative estimate of drug-likeness (QED) is 0.725. The topological polar surface area (TPSA) is 76.4 Å². The maximum Gasteiger partial charge on any atom is 0.255 e. The predicted molar refractivity (Wildman–Crippen MR) is 112 cm³/mol. The molecule has 1 amide bonds. The molecule has 2 N–H and O–H groups in total. The van der Waals surface area contributed by atoms with Gasteiger partial charge in [0.25, 0.3) is 5.91 Å². The first kappa shape index (κ1) is 21.2. The monoisotopic (exact) mass is 449 g/mol. The van der Waals surface area contributed by atoms with Crippen LogP contribution >= 0.6 is 27.5 Å². The number of nitrogens with zero attached hydrogens (tertiary/aromatic N) is 2. The minimum atomic E-state index is -1.18. The number of anilines is 2. The van der Waals surface area contributed by atoms with E-state index in [1.807, 2.05) is 36.9 Å². The van der Waals surface area contributed by atoms with E-state index < -0.39 is 12.0 Å². The van der Waals surface area contributed by atoms with Gasteiger partial charge in [0.05, 0.1) is 17.1 Å². The number of hydrogen-bond donors (Lipinski definition) is 2. The Labute approximate surface area is 172 Å². The van der Waals surface area contributed by atoms with Crippen LogP contribution in [0, 0.1) is 11.3 Å². The minimum Gasteiger partial charge on any atom is -0.381 e. The highest BCUT2D eigenvalue weighted by Gasteiger charge is 2.24. The van der Waals surface area contributed by atoms with E-state index in [1.54, 1.807) is 6.07 Å². The summed E-state index contributed by atoms with van der Waals surface area (Å²) >= 11 is 9.40. The van der Waals surface area contributed by atoms with Gasteiger partial charge in [0, 0.05) is 22.4 Å². The van der Waals surface area contributed by atoms with Crippen LogP contribution in [0.5, 0.6) is 0 Å². The van der Waals surface area contributed by atoms with Crippen molar-refractivity contribution in [3.05, 3.63) is 57.0 Å². The van der Waals surface area contributed by atoms with Crippen molar-refractivity contribution in [2.45, 2.75) is 26.4 Å². The normalized spacial score (nSPS) is 13.1. The Morgan fingerprint density at radius 1 is 1.37 bits per heavy atom. The van der Waals surface area contributed by atoms with E-state index in [4.69, 9.17) is 16.9 Å². The van der Waals surface area contributed by atoms with E-state index in [-0.39, 0.29) is 11.6 Å². The lowest BCUT2D eigenvalue weighted by Crippen LogP contribution is -2.39. The molecular formula is C20H21BrClN3O2. The number of fused-ring (bicyclic) bond motifs is 1. The number of nitrogens with one attached hydrogen (secondary N) is 1. The summed E-state index contributed by atoms with van der Waals surface area (Å²) < 4.78 is 1.02. The Balaban J connectivity index is 0.00000126. The zero-order valence-corrected chi connectivity index (χ0v) is 17.5. The second-order valence-corrected chi connectivity index (χ2v) is 7.10. The van der Waals surface area contributed by atoms with Crippen molar-refractivity contribution in [1.82, 2.24) is 0 Å². The third-order valence-corrected chi connectivity index (χ3v) is 4.89.